The molecule has 3 N–H and O–H groups in total. The van der Waals surface area contributed by atoms with Crippen molar-refractivity contribution < 1.29 is 19.4 Å². The van der Waals surface area contributed by atoms with Crippen molar-refractivity contribution in [3.63, 3.8) is 0 Å². The number of rotatable bonds is 12. The SMILES string of the molecule is CCCNNC(=O)[C@@]1(Cc2ccc(Br)cc2)N=C(c2ccc(OCCCO)cc2)O[C@H]1c1ccccc1Br. The number of hydrazine groups is 1. The topological polar surface area (TPSA) is 92.2 Å². The van der Waals surface area contributed by atoms with Crippen LogP contribution in [0.1, 0.15) is 42.6 Å². The van der Waals surface area contributed by atoms with Crippen molar-refractivity contribution in [2.45, 2.75) is 37.8 Å². The van der Waals surface area contributed by atoms with Gasteiger partial charge in [0.2, 0.25) is 5.90 Å². The minimum atomic E-state index is -1.27. The standard InChI is InChI=1S/C29H31Br2N3O4/c1-2-16-32-34-28(36)29(19-20-8-12-22(30)13-9-20)26(24-6-3-4-7-25(24)31)38-27(33-29)21-10-14-23(15-11-21)37-18-5-17-35/h3-4,6-15,26,32,35H,2,5,16-19H2,1H3,(H,34,36)/t26-,29-/m0/s1. The predicted molar refractivity (Wildman–Crippen MR) is 155 cm³/mol. The minimum absolute atomic E-state index is 0.0782. The van der Waals surface area contributed by atoms with Gasteiger partial charge in [-0.15, -0.1) is 0 Å². The van der Waals surface area contributed by atoms with Crippen molar-refractivity contribution in [2.75, 3.05) is 19.8 Å². The number of carbonyl (C=O) groups excluding carboxylic acids is 1. The van der Waals surface area contributed by atoms with Gasteiger partial charge in [-0.05, 0) is 54.4 Å². The average Bonchev–Trinajstić information content (AvgIpc) is 3.31. The number of amides is 1. The van der Waals surface area contributed by atoms with E-state index >= 15 is 0 Å². The second-order valence-corrected chi connectivity index (χ2v) is 10.8. The highest BCUT2D eigenvalue weighted by molar-refractivity contribution is 9.10. The maximum Gasteiger partial charge on any atom is 0.266 e. The Morgan fingerprint density at radius 1 is 1.08 bits per heavy atom. The molecule has 0 bridgehead atoms. The minimum Gasteiger partial charge on any atom is -0.494 e. The highest BCUT2D eigenvalue weighted by Gasteiger charge is 2.53. The number of carbonyl (C=O) groups is 1. The highest BCUT2D eigenvalue weighted by Crippen LogP contribution is 2.44. The second-order valence-electron chi connectivity index (χ2n) is 8.99. The van der Waals surface area contributed by atoms with Crippen LogP contribution in [0.3, 0.4) is 0 Å². The van der Waals surface area contributed by atoms with Gasteiger partial charge in [0.05, 0.1) is 6.61 Å². The van der Waals surface area contributed by atoms with Gasteiger partial charge in [-0.2, -0.15) is 0 Å². The van der Waals surface area contributed by atoms with Gasteiger partial charge in [0.15, 0.2) is 11.6 Å². The van der Waals surface area contributed by atoms with Gasteiger partial charge in [-0.1, -0.05) is 69.1 Å². The molecule has 38 heavy (non-hydrogen) atoms. The Balaban J connectivity index is 1.77. The number of aliphatic hydroxyl groups excluding tert-OH is 1. The monoisotopic (exact) mass is 643 g/mol. The Morgan fingerprint density at radius 3 is 2.50 bits per heavy atom. The first kappa shape index (κ1) is 28.3. The van der Waals surface area contributed by atoms with Crippen molar-refractivity contribution in [2.24, 2.45) is 4.99 Å². The molecule has 0 spiro atoms. The molecule has 3 aromatic rings. The van der Waals surface area contributed by atoms with Crippen LogP contribution in [-0.4, -0.2) is 42.2 Å². The molecule has 200 valence electrons. The number of nitrogens with zero attached hydrogens (tertiary/aromatic N) is 1. The summed E-state index contributed by atoms with van der Waals surface area (Å²) in [7, 11) is 0. The molecule has 0 aliphatic carbocycles. The molecule has 7 nitrogen and oxygen atoms in total. The summed E-state index contributed by atoms with van der Waals surface area (Å²) in [4.78, 5) is 19.0. The van der Waals surface area contributed by atoms with Crippen molar-refractivity contribution >= 4 is 43.7 Å². The van der Waals surface area contributed by atoms with E-state index in [1.165, 1.54) is 0 Å². The van der Waals surface area contributed by atoms with Gasteiger partial charge >= 0.3 is 0 Å². The van der Waals surface area contributed by atoms with Crippen LogP contribution in [0.2, 0.25) is 0 Å². The Morgan fingerprint density at radius 2 is 1.82 bits per heavy atom. The zero-order valence-electron chi connectivity index (χ0n) is 21.1. The zero-order valence-corrected chi connectivity index (χ0v) is 24.3. The van der Waals surface area contributed by atoms with Crippen LogP contribution >= 0.6 is 31.9 Å². The van der Waals surface area contributed by atoms with E-state index in [-0.39, 0.29) is 12.5 Å². The molecule has 0 fully saturated rings. The molecular formula is C29H31Br2N3O4. The quantitative estimate of drug-likeness (QED) is 0.179. The third-order valence-electron chi connectivity index (χ3n) is 6.18. The molecule has 0 unspecified atom stereocenters. The summed E-state index contributed by atoms with van der Waals surface area (Å²) in [6, 6.07) is 23.0. The molecular weight excluding hydrogens is 614 g/mol. The molecule has 4 rings (SSSR count). The number of aliphatic hydroxyl groups is 1. The lowest BCUT2D eigenvalue weighted by atomic mass is 9.82. The summed E-state index contributed by atoms with van der Waals surface area (Å²) >= 11 is 7.16. The number of nitrogens with one attached hydrogen (secondary N) is 2. The smallest absolute Gasteiger partial charge is 0.266 e. The number of hydrogen-bond donors (Lipinski definition) is 3. The zero-order chi connectivity index (χ0) is 27.0. The highest BCUT2D eigenvalue weighted by atomic mass is 79.9. The molecule has 1 amide bonds. The number of halogens is 2. The van der Waals surface area contributed by atoms with Crippen molar-refractivity contribution in [1.82, 2.24) is 10.9 Å². The molecule has 3 aromatic carbocycles. The van der Waals surface area contributed by atoms with E-state index in [9.17, 15) is 4.79 Å². The molecule has 0 radical (unpaired) electrons. The van der Waals surface area contributed by atoms with Crippen LogP contribution in [0.5, 0.6) is 5.75 Å². The van der Waals surface area contributed by atoms with Crippen LogP contribution in [0.15, 0.2) is 86.7 Å². The summed E-state index contributed by atoms with van der Waals surface area (Å²) in [5.41, 5.74) is 7.17. The first-order chi connectivity index (χ1) is 18.5. The lowest BCUT2D eigenvalue weighted by molar-refractivity contribution is -0.130. The molecule has 1 aliphatic rings. The third kappa shape index (κ3) is 6.64. The summed E-state index contributed by atoms with van der Waals surface area (Å²) in [6.07, 6.45) is 1.08. The summed E-state index contributed by atoms with van der Waals surface area (Å²) in [6.45, 7) is 3.18. The molecule has 0 saturated heterocycles. The third-order valence-corrected chi connectivity index (χ3v) is 7.43. The van der Waals surface area contributed by atoms with E-state index in [1.54, 1.807) is 0 Å². The molecule has 0 aromatic heterocycles. The van der Waals surface area contributed by atoms with Crippen LogP contribution in [0.25, 0.3) is 0 Å². The van der Waals surface area contributed by atoms with E-state index in [2.05, 4.69) is 42.7 Å². The molecule has 1 heterocycles. The lowest BCUT2D eigenvalue weighted by Crippen LogP contribution is -2.54. The molecule has 9 heteroatoms. The normalized spacial score (nSPS) is 18.5. The van der Waals surface area contributed by atoms with Crippen LogP contribution < -0.4 is 15.6 Å². The summed E-state index contributed by atoms with van der Waals surface area (Å²) in [5.74, 6) is 0.801. The number of aliphatic imine (C=N–C) groups is 1. The van der Waals surface area contributed by atoms with E-state index in [1.807, 2.05) is 79.7 Å². The first-order valence-corrected chi connectivity index (χ1v) is 14.2. The van der Waals surface area contributed by atoms with Gasteiger partial charge in [0.1, 0.15) is 5.75 Å². The first-order valence-electron chi connectivity index (χ1n) is 12.6. The van der Waals surface area contributed by atoms with Gasteiger partial charge in [-0.3, -0.25) is 10.2 Å². The Hall–Kier alpha value is -2.72. The van der Waals surface area contributed by atoms with Gasteiger partial charge in [0, 0.05) is 46.1 Å². The van der Waals surface area contributed by atoms with Gasteiger partial charge < -0.3 is 14.6 Å². The van der Waals surface area contributed by atoms with E-state index in [4.69, 9.17) is 19.6 Å². The van der Waals surface area contributed by atoms with Gasteiger partial charge in [-0.25, -0.2) is 10.4 Å². The number of ether oxygens (including phenoxy) is 2. The number of hydrogen-bond acceptors (Lipinski definition) is 6. The van der Waals surface area contributed by atoms with Gasteiger partial charge in [0.25, 0.3) is 5.91 Å². The van der Waals surface area contributed by atoms with Crippen molar-refractivity contribution in [3.8, 4) is 5.75 Å². The Kier molecular flexibility index (Phi) is 9.96. The fourth-order valence-corrected chi connectivity index (χ4v) is 4.99. The largest absolute Gasteiger partial charge is 0.494 e. The van der Waals surface area contributed by atoms with Crippen molar-refractivity contribution in [3.05, 3.63) is 98.4 Å². The molecule has 1 aliphatic heterocycles. The summed E-state index contributed by atoms with van der Waals surface area (Å²) < 4.78 is 14.0. The van der Waals surface area contributed by atoms with Crippen LogP contribution in [0, 0.1) is 0 Å². The summed E-state index contributed by atoms with van der Waals surface area (Å²) in [5, 5.41) is 9.00. The second kappa shape index (κ2) is 13.4. The molecule has 2 atom stereocenters. The van der Waals surface area contributed by atoms with E-state index in [0.29, 0.717) is 37.6 Å². The van der Waals surface area contributed by atoms with Crippen LogP contribution in [0.4, 0.5) is 0 Å². The van der Waals surface area contributed by atoms with E-state index in [0.717, 1.165) is 32.1 Å². The Labute approximate surface area is 239 Å². The maximum absolute atomic E-state index is 14.0. The fraction of sp³-hybridized carbons (Fsp3) is 0.310. The fourth-order valence-electron chi connectivity index (χ4n) is 4.24. The van der Waals surface area contributed by atoms with Crippen molar-refractivity contribution in [1.29, 1.82) is 0 Å². The predicted octanol–water partition coefficient (Wildman–Crippen LogP) is 5.50. The molecule has 0 saturated carbocycles. The number of benzene rings is 3. The lowest BCUT2D eigenvalue weighted by Gasteiger charge is -2.31. The van der Waals surface area contributed by atoms with E-state index < -0.39 is 11.6 Å². The average molecular weight is 645 g/mol. The maximum atomic E-state index is 14.0. The Bertz CT molecular complexity index is 1250. The van der Waals surface area contributed by atoms with Crippen LogP contribution in [-0.2, 0) is 16.0 Å².